The highest BCUT2D eigenvalue weighted by molar-refractivity contribution is 7.89. The second kappa shape index (κ2) is 6.19. The number of amides is 1. The van der Waals surface area contributed by atoms with Crippen LogP contribution >= 0.6 is 0 Å². The molecule has 0 saturated carbocycles. The number of aliphatic hydroxyl groups is 1. The molecule has 1 aromatic rings. The van der Waals surface area contributed by atoms with Crippen molar-refractivity contribution < 1.29 is 18.3 Å². The first-order valence-corrected chi connectivity index (χ1v) is 9.00. The lowest BCUT2D eigenvalue weighted by atomic mass is 10.1. The maximum atomic E-state index is 12.5. The molecular formula is C13H21N5O4S. The van der Waals surface area contributed by atoms with E-state index in [4.69, 9.17) is 0 Å². The molecule has 2 fully saturated rings. The molecule has 1 amide bonds. The molecule has 0 bridgehead atoms. The Bertz CT molecular complexity index is 654. The Hall–Kier alpha value is -1.49. The number of carbonyl (C=O) groups excluding carboxylic acids is 1. The van der Waals surface area contributed by atoms with E-state index in [1.807, 2.05) is 0 Å². The van der Waals surface area contributed by atoms with Crippen LogP contribution in [-0.2, 0) is 14.8 Å². The molecule has 0 radical (unpaired) electrons. The van der Waals surface area contributed by atoms with Gasteiger partial charge in [-0.15, -0.1) is 0 Å². The molecule has 128 valence electrons. The number of nitrogens with zero attached hydrogens (tertiary/aromatic N) is 4. The molecule has 0 aromatic carbocycles. The van der Waals surface area contributed by atoms with Crippen molar-refractivity contribution in [2.75, 3.05) is 39.3 Å². The molecule has 2 saturated heterocycles. The maximum Gasteiger partial charge on any atom is 0.246 e. The Kier molecular flexibility index (Phi) is 4.41. The van der Waals surface area contributed by atoms with Crippen molar-refractivity contribution in [1.82, 2.24) is 24.3 Å². The number of rotatable bonds is 3. The van der Waals surface area contributed by atoms with Gasteiger partial charge in [0.2, 0.25) is 15.9 Å². The van der Waals surface area contributed by atoms with E-state index in [2.05, 4.69) is 15.1 Å². The van der Waals surface area contributed by atoms with E-state index in [1.54, 1.807) is 11.8 Å². The first kappa shape index (κ1) is 16.4. The number of carbonyl (C=O) groups is 1. The number of piperazine rings is 1. The summed E-state index contributed by atoms with van der Waals surface area (Å²) >= 11 is 0. The minimum absolute atomic E-state index is 0.0424. The Morgan fingerprint density at radius 3 is 2.57 bits per heavy atom. The highest BCUT2D eigenvalue weighted by Crippen LogP contribution is 2.24. The maximum absolute atomic E-state index is 12.5. The largest absolute Gasteiger partial charge is 0.390 e. The van der Waals surface area contributed by atoms with Gasteiger partial charge in [0.05, 0.1) is 18.3 Å². The zero-order valence-corrected chi connectivity index (χ0v) is 13.7. The molecular weight excluding hydrogens is 322 g/mol. The molecule has 0 unspecified atom stereocenters. The average Bonchev–Trinajstić information content (AvgIpc) is 3.17. The smallest absolute Gasteiger partial charge is 0.246 e. The Labute approximate surface area is 134 Å². The van der Waals surface area contributed by atoms with E-state index in [9.17, 15) is 18.3 Å². The topological polar surface area (TPSA) is 110 Å². The molecule has 23 heavy (non-hydrogen) atoms. The third-order valence-electron chi connectivity index (χ3n) is 4.57. The van der Waals surface area contributed by atoms with Gasteiger partial charge in [0.1, 0.15) is 4.90 Å². The summed E-state index contributed by atoms with van der Waals surface area (Å²) in [6, 6.07) is -0.245. The normalized spacial score (nSPS) is 27.5. The molecule has 2 N–H and O–H groups in total. The molecule has 2 aliphatic rings. The second-order valence-electron chi connectivity index (χ2n) is 5.93. The van der Waals surface area contributed by atoms with Crippen LogP contribution in [-0.4, -0.2) is 95.1 Å². The molecule has 10 heteroatoms. The van der Waals surface area contributed by atoms with Gasteiger partial charge in [0, 0.05) is 52.4 Å². The first-order valence-electron chi connectivity index (χ1n) is 7.56. The minimum atomic E-state index is -3.64. The van der Waals surface area contributed by atoms with Crippen LogP contribution in [0.2, 0.25) is 0 Å². The zero-order valence-electron chi connectivity index (χ0n) is 12.9. The van der Waals surface area contributed by atoms with Gasteiger partial charge in [-0.3, -0.25) is 14.8 Å². The fraction of sp³-hybridized carbons (Fsp3) is 0.692. The molecule has 0 spiro atoms. The number of hydrogen-bond acceptors (Lipinski definition) is 6. The summed E-state index contributed by atoms with van der Waals surface area (Å²) in [6.07, 6.45) is 1.86. The van der Waals surface area contributed by atoms with Crippen LogP contribution in [0.5, 0.6) is 0 Å². The number of H-pyrrole nitrogens is 1. The van der Waals surface area contributed by atoms with Crippen molar-refractivity contribution in [2.24, 2.45) is 0 Å². The molecule has 0 aliphatic carbocycles. The number of nitrogens with one attached hydrogen (secondary N) is 1. The first-order chi connectivity index (χ1) is 10.9. The lowest BCUT2D eigenvalue weighted by molar-refractivity contribution is -0.131. The second-order valence-corrected chi connectivity index (χ2v) is 7.87. The molecule has 9 nitrogen and oxygen atoms in total. The summed E-state index contributed by atoms with van der Waals surface area (Å²) in [7, 11) is -3.64. The van der Waals surface area contributed by atoms with Gasteiger partial charge in [0.25, 0.3) is 0 Å². The van der Waals surface area contributed by atoms with Gasteiger partial charge in [-0.05, 0) is 0 Å². The molecule has 2 aliphatic heterocycles. The van der Waals surface area contributed by atoms with E-state index < -0.39 is 16.1 Å². The van der Waals surface area contributed by atoms with Gasteiger partial charge in [-0.2, -0.15) is 9.40 Å². The van der Waals surface area contributed by atoms with Crippen LogP contribution in [0.25, 0.3) is 0 Å². The van der Waals surface area contributed by atoms with Crippen molar-refractivity contribution in [3.63, 3.8) is 0 Å². The number of hydrogen-bond donors (Lipinski definition) is 2. The van der Waals surface area contributed by atoms with Crippen molar-refractivity contribution in [1.29, 1.82) is 0 Å². The van der Waals surface area contributed by atoms with E-state index in [0.717, 1.165) is 0 Å². The fourth-order valence-electron chi connectivity index (χ4n) is 3.19. The van der Waals surface area contributed by atoms with Gasteiger partial charge < -0.3 is 10.0 Å². The number of aliphatic hydroxyl groups excluding tert-OH is 1. The van der Waals surface area contributed by atoms with Gasteiger partial charge >= 0.3 is 0 Å². The van der Waals surface area contributed by atoms with E-state index in [1.165, 1.54) is 16.7 Å². The standard InChI is InChI=1S/C13H21N5O4S/c1-10(19)16-2-4-17(5-3-16)12-8-18(9-13(12)20)23(21,22)11-6-14-15-7-11/h6-7,12-13,20H,2-5,8-9H2,1H3,(H,14,15)/t12-,13-/m1/s1. The third-order valence-corrected chi connectivity index (χ3v) is 6.36. The van der Waals surface area contributed by atoms with Gasteiger partial charge in [-0.1, -0.05) is 0 Å². The average molecular weight is 343 g/mol. The summed E-state index contributed by atoms with van der Waals surface area (Å²) in [5, 5.41) is 16.5. The molecule has 3 rings (SSSR count). The van der Waals surface area contributed by atoms with Crippen LogP contribution in [0.4, 0.5) is 0 Å². The number of sulfonamides is 1. The van der Waals surface area contributed by atoms with Crippen molar-refractivity contribution in [2.45, 2.75) is 24.0 Å². The summed E-state index contributed by atoms with van der Waals surface area (Å²) in [5.74, 6) is 0.0424. The fourth-order valence-corrected chi connectivity index (χ4v) is 4.57. The number of aromatic nitrogens is 2. The quantitative estimate of drug-likeness (QED) is 0.677. The predicted octanol–water partition coefficient (Wildman–Crippen LogP) is -1.69. The Morgan fingerprint density at radius 1 is 1.30 bits per heavy atom. The van der Waals surface area contributed by atoms with Crippen LogP contribution in [0.1, 0.15) is 6.92 Å². The van der Waals surface area contributed by atoms with Crippen molar-refractivity contribution >= 4 is 15.9 Å². The van der Waals surface area contributed by atoms with Crippen molar-refractivity contribution in [3.05, 3.63) is 12.4 Å². The highest BCUT2D eigenvalue weighted by Gasteiger charge is 2.42. The Morgan fingerprint density at radius 2 is 2.00 bits per heavy atom. The van der Waals surface area contributed by atoms with Crippen LogP contribution in [0, 0.1) is 0 Å². The third kappa shape index (κ3) is 3.11. The summed E-state index contributed by atoms with van der Waals surface area (Å²) < 4.78 is 26.3. The zero-order chi connectivity index (χ0) is 16.6. The van der Waals surface area contributed by atoms with Crippen LogP contribution in [0.15, 0.2) is 17.3 Å². The molecule has 2 atom stereocenters. The van der Waals surface area contributed by atoms with Gasteiger partial charge in [0.15, 0.2) is 0 Å². The van der Waals surface area contributed by atoms with E-state index in [0.29, 0.717) is 26.2 Å². The minimum Gasteiger partial charge on any atom is -0.390 e. The SMILES string of the molecule is CC(=O)N1CCN([C@@H]2CN(S(=O)(=O)c3cn[nH]c3)C[C@H]2O)CC1. The van der Waals surface area contributed by atoms with Crippen molar-refractivity contribution in [3.8, 4) is 0 Å². The summed E-state index contributed by atoms with van der Waals surface area (Å²) in [5.41, 5.74) is 0. The summed E-state index contributed by atoms with van der Waals surface area (Å²) in [6.45, 7) is 4.35. The van der Waals surface area contributed by atoms with E-state index >= 15 is 0 Å². The lowest BCUT2D eigenvalue weighted by Crippen LogP contribution is -2.54. The number of aromatic amines is 1. The summed E-state index contributed by atoms with van der Waals surface area (Å²) in [4.78, 5) is 15.3. The lowest BCUT2D eigenvalue weighted by Gasteiger charge is -2.38. The van der Waals surface area contributed by atoms with Gasteiger partial charge in [-0.25, -0.2) is 8.42 Å². The predicted molar refractivity (Wildman–Crippen MR) is 81.0 cm³/mol. The van der Waals surface area contributed by atoms with E-state index in [-0.39, 0.29) is 29.9 Å². The highest BCUT2D eigenvalue weighted by atomic mass is 32.2. The number of β-amino-alcohol motifs (C(OH)–C–C–N with tert-alkyl or cyclic N) is 1. The van der Waals surface area contributed by atoms with Crippen LogP contribution in [0.3, 0.4) is 0 Å². The Balaban J connectivity index is 1.67. The molecule has 3 heterocycles. The monoisotopic (exact) mass is 343 g/mol. The molecule has 1 aromatic heterocycles. The van der Waals surface area contributed by atoms with Crippen LogP contribution < -0.4 is 0 Å².